The first kappa shape index (κ1) is 16.6. The molecule has 2 heterocycles. The van der Waals surface area contributed by atoms with Crippen molar-refractivity contribution in [3.63, 3.8) is 0 Å². The Bertz CT molecular complexity index is 726. The summed E-state index contributed by atoms with van der Waals surface area (Å²) in [5, 5.41) is 7.40. The second kappa shape index (κ2) is 6.81. The van der Waals surface area contributed by atoms with E-state index in [-0.39, 0.29) is 5.60 Å². The molecule has 0 unspecified atom stereocenters. The van der Waals surface area contributed by atoms with Gasteiger partial charge in [-0.2, -0.15) is 0 Å². The van der Waals surface area contributed by atoms with E-state index in [2.05, 4.69) is 73.0 Å². The van der Waals surface area contributed by atoms with Crippen LogP contribution in [0.5, 0.6) is 5.75 Å². The number of benzene rings is 2. The minimum absolute atomic E-state index is 0.0365. The van der Waals surface area contributed by atoms with E-state index in [1.165, 1.54) is 23.1 Å². The highest BCUT2D eigenvalue weighted by molar-refractivity contribution is 5.39. The highest BCUT2D eigenvalue weighted by Gasteiger charge is 2.28. The molecule has 0 spiro atoms. The van der Waals surface area contributed by atoms with Gasteiger partial charge in [-0.25, -0.2) is 0 Å². The fourth-order valence-electron chi connectivity index (χ4n) is 4.00. The molecule has 0 aromatic heterocycles. The van der Waals surface area contributed by atoms with Crippen molar-refractivity contribution < 1.29 is 4.74 Å². The molecule has 1 fully saturated rings. The first-order valence-electron chi connectivity index (χ1n) is 9.43. The van der Waals surface area contributed by atoms with Gasteiger partial charge in [0.2, 0.25) is 0 Å². The number of fused-ring (bicyclic) bond motifs is 1. The molecule has 0 saturated carbocycles. The van der Waals surface area contributed by atoms with Gasteiger partial charge in [0.05, 0.1) is 0 Å². The third-order valence-corrected chi connectivity index (χ3v) is 5.46. The van der Waals surface area contributed by atoms with E-state index >= 15 is 0 Å². The van der Waals surface area contributed by atoms with Crippen LogP contribution in [-0.2, 0) is 13.0 Å². The molecule has 0 bridgehead atoms. The van der Waals surface area contributed by atoms with Crippen molar-refractivity contribution >= 4 is 0 Å². The first-order chi connectivity index (χ1) is 12.1. The van der Waals surface area contributed by atoms with E-state index < -0.39 is 0 Å². The molecule has 4 rings (SSSR count). The average molecular weight is 336 g/mol. The van der Waals surface area contributed by atoms with Crippen molar-refractivity contribution in [2.45, 2.75) is 57.3 Å². The van der Waals surface area contributed by atoms with Crippen LogP contribution in [0.2, 0.25) is 0 Å². The fourth-order valence-corrected chi connectivity index (χ4v) is 4.00. The van der Waals surface area contributed by atoms with Gasteiger partial charge in [0.15, 0.2) is 0 Å². The van der Waals surface area contributed by atoms with Crippen LogP contribution in [0.3, 0.4) is 0 Å². The summed E-state index contributed by atoms with van der Waals surface area (Å²) < 4.78 is 6.10. The molecule has 0 aliphatic carbocycles. The zero-order valence-corrected chi connectivity index (χ0v) is 15.2. The van der Waals surface area contributed by atoms with Gasteiger partial charge in [-0.1, -0.05) is 42.5 Å². The Hall–Kier alpha value is -1.84. The second-order valence-electron chi connectivity index (χ2n) is 7.92. The predicted octanol–water partition coefficient (Wildman–Crippen LogP) is 3.98. The molecular formula is C22H28N2O. The number of ether oxygens (including phenoxy) is 1. The third kappa shape index (κ3) is 3.73. The molecule has 3 heteroatoms. The molecule has 2 aromatic carbocycles. The van der Waals surface area contributed by atoms with Crippen molar-refractivity contribution in [1.29, 1.82) is 0 Å². The van der Waals surface area contributed by atoms with Gasteiger partial charge in [-0.15, -0.1) is 0 Å². The summed E-state index contributed by atoms with van der Waals surface area (Å²) in [5.74, 6) is 1.06. The van der Waals surface area contributed by atoms with E-state index in [1.54, 1.807) is 0 Å². The molecule has 2 N–H and O–H groups in total. The van der Waals surface area contributed by atoms with Crippen LogP contribution in [-0.4, -0.2) is 18.2 Å². The van der Waals surface area contributed by atoms with Gasteiger partial charge in [0.1, 0.15) is 11.4 Å². The Morgan fingerprint density at radius 3 is 2.84 bits per heavy atom. The van der Waals surface area contributed by atoms with Gasteiger partial charge in [0, 0.05) is 18.6 Å². The van der Waals surface area contributed by atoms with E-state index in [9.17, 15) is 0 Å². The normalized spacial score (nSPS) is 24.6. The lowest BCUT2D eigenvalue weighted by molar-refractivity contribution is 0.0846. The van der Waals surface area contributed by atoms with Crippen LogP contribution in [0.25, 0.3) is 0 Å². The lowest BCUT2D eigenvalue weighted by atomic mass is 9.93. The van der Waals surface area contributed by atoms with Gasteiger partial charge in [-0.3, -0.25) is 0 Å². The lowest BCUT2D eigenvalue weighted by Gasteiger charge is -2.32. The summed E-state index contributed by atoms with van der Waals surface area (Å²) in [7, 11) is 0. The topological polar surface area (TPSA) is 33.3 Å². The van der Waals surface area contributed by atoms with E-state index in [1.807, 2.05) is 0 Å². The molecule has 0 radical (unpaired) electrons. The number of nitrogens with one attached hydrogen (secondary N) is 2. The summed E-state index contributed by atoms with van der Waals surface area (Å²) in [6.07, 6.45) is 3.36. The third-order valence-electron chi connectivity index (χ3n) is 5.46. The summed E-state index contributed by atoms with van der Waals surface area (Å²) in [6.45, 7) is 6.32. The van der Waals surface area contributed by atoms with Gasteiger partial charge in [0.25, 0.3) is 0 Å². The Morgan fingerprint density at radius 2 is 2.00 bits per heavy atom. The molecule has 1 saturated heterocycles. The number of hydrogen-bond donors (Lipinski definition) is 2. The van der Waals surface area contributed by atoms with Crippen molar-refractivity contribution in [2.75, 3.05) is 6.54 Å². The summed E-state index contributed by atoms with van der Waals surface area (Å²) in [4.78, 5) is 0. The number of hydrogen-bond acceptors (Lipinski definition) is 3. The van der Waals surface area contributed by atoms with Crippen LogP contribution in [0, 0.1) is 0 Å². The monoisotopic (exact) mass is 336 g/mol. The van der Waals surface area contributed by atoms with E-state index in [0.717, 1.165) is 31.7 Å². The SMILES string of the molecule is CC1(C)CCc2cc(CN[C@H]3CCN[C@H]3c3ccccc3)ccc2O1. The maximum atomic E-state index is 6.10. The molecule has 25 heavy (non-hydrogen) atoms. The zero-order valence-electron chi connectivity index (χ0n) is 15.2. The first-order valence-corrected chi connectivity index (χ1v) is 9.43. The standard InChI is InChI=1S/C22H28N2O/c1-22(2)12-10-18-14-16(8-9-20(18)25-22)15-24-19-11-13-23-21(19)17-6-4-3-5-7-17/h3-9,14,19,21,23-24H,10-13,15H2,1-2H3/t19-,21-/m0/s1. The minimum atomic E-state index is -0.0365. The van der Waals surface area contributed by atoms with E-state index in [0.29, 0.717) is 12.1 Å². The minimum Gasteiger partial charge on any atom is -0.488 e. The van der Waals surface area contributed by atoms with Crippen molar-refractivity contribution in [2.24, 2.45) is 0 Å². The highest BCUT2D eigenvalue weighted by Crippen LogP contribution is 2.33. The van der Waals surface area contributed by atoms with Crippen molar-refractivity contribution in [1.82, 2.24) is 10.6 Å². The molecule has 3 nitrogen and oxygen atoms in total. The predicted molar refractivity (Wildman–Crippen MR) is 102 cm³/mol. The quantitative estimate of drug-likeness (QED) is 0.886. The maximum absolute atomic E-state index is 6.10. The van der Waals surface area contributed by atoms with Gasteiger partial charge < -0.3 is 15.4 Å². The molecule has 2 aliphatic rings. The van der Waals surface area contributed by atoms with E-state index in [4.69, 9.17) is 4.74 Å². The molecule has 0 amide bonds. The largest absolute Gasteiger partial charge is 0.488 e. The smallest absolute Gasteiger partial charge is 0.123 e. The molecule has 2 atom stereocenters. The highest BCUT2D eigenvalue weighted by atomic mass is 16.5. The summed E-state index contributed by atoms with van der Waals surface area (Å²) in [5.41, 5.74) is 4.03. The lowest BCUT2D eigenvalue weighted by Crippen LogP contribution is -2.34. The van der Waals surface area contributed by atoms with Crippen molar-refractivity contribution in [3.05, 3.63) is 65.2 Å². The van der Waals surface area contributed by atoms with Crippen molar-refractivity contribution in [3.8, 4) is 5.75 Å². The number of aryl methyl sites for hydroxylation is 1. The second-order valence-corrected chi connectivity index (χ2v) is 7.92. The van der Waals surface area contributed by atoms with Crippen LogP contribution < -0.4 is 15.4 Å². The Balaban J connectivity index is 1.42. The molecule has 2 aromatic rings. The van der Waals surface area contributed by atoms with Crippen LogP contribution >= 0.6 is 0 Å². The van der Waals surface area contributed by atoms with Crippen LogP contribution in [0.4, 0.5) is 0 Å². The van der Waals surface area contributed by atoms with Crippen LogP contribution in [0.15, 0.2) is 48.5 Å². The summed E-state index contributed by atoms with van der Waals surface area (Å²) in [6, 6.07) is 18.3. The Kier molecular flexibility index (Phi) is 4.53. The van der Waals surface area contributed by atoms with Gasteiger partial charge >= 0.3 is 0 Å². The fraction of sp³-hybridized carbons (Fsp3) is 0.455. The Morgan fingerprint density at radius 1 is 1.16 bits per heavy atom. The molecule has 132 valence electrons. The average Bonchev–Trinajstić information content (AvgIpc) is 3.08. The zero-order chi connectivity index (χ0) is 17.3. The van der Waals surface area contributed by atoms with Crippen LogP contribution in [0.1, 0.15) is 49.4 Å². The number of rotatable bonds is 4. The molecular weight excluding hydrogens is 308 g/mol. The Labute approximate surface area is 150 Å². The summed E-state index contributed by atoms with van der Waals surface area (Å²) >= 11 is 0. The maximum Gasteiger partial charge on any atom is 0.123 e. The van der Waals surface area contributed by atoms with Gasteiger partial charge in [-0.05, 0) is 62.4 Å². The molecule has 2 aliphatic heterocycles.